The Morgan fingerprint density at radius 2 is 2.00 bits per heavy atom. The molecule has 1 atom stereocenters. The molecule has 4 heteroatoms. The van der Waals surface area contributed by atoms with Crippen LogP contribution in [-0.4, -0.2) is 66.0 Å². The van der Waals surface area contributed by atoms with Gasteiger partial charge in [0, 0.05) is 45.3 Å². The van der Waals surface area contributed by atoms with E-state index >= 15 is 0 Å². The number of likely N-dealkylation sites (N-methyl/N-ethyl adjacent to an activating group) is 1. The molecular formula is C11H21N3O. The molecule has 2 saturated heterocycles. The van der Waals surface area contributed by atoms with Gasteiger partial charge in [-0.15, -0.1) is 0 Å². The summed E-state index contributed by atoms with van der Waals surface area (Å²) in [7, 11) is 1.89. The lowest BCUT2D eigenvalue weighted by Crippen LogP contribution is -2.41. The first kappa shape index (κ1) is 10.7. The normalized spacial score (nSPS) is 28.5. The topological polar surface area (TPSA) is 26.8 Å². The van der Waals surface area contributed by atoms with Gasteiger partial charge in [0.25, 0.3) is 0 Å². The van der Waals surface area contributed by atoms with Gasteiger partial charge in [0.05, 0.1) is 0 Å². The number of nitrogens with zero attached hydrogens (tertiary/aromatic N) is 3. The molecule has 0 aromatic rings. The van der Waals surface area contributed by atoms with Crippen molar-refractivity contribution in [2.45, 2.75) is 32.4 Å². The smallest absolute Gasteiger partial charge is 0.320 e. The average molecular weight is 211 g/mol. The lowest BCUT2D eigenvalue weighted by Gasteiger charge is -2.25. The number of rotatable bonds is 2. The SMILES string of the molecule is CC(C)N1CCC(N2CCN(C)C2=O)C1. The predicted molar refractivity (Wildman–Crippen MR) is 59.8 cm³/mol. The standard InChI is InChI=1S/C11H21N3O/c1-9(2)13-5-4-10(8-13)14-7-6-12(3)11(14)15/h9-10H,4-8H2,1-3H3. The molecule has 2 rings (SSSR count). The highest BCUT2D eigenvalue weighted by Gasteiger charge is 2.35. The molecule has 0 aromatic heterocycles. The van der Waals surface area contributed by atoms with Crippen LogP contribution >= 0.6 is 0 Å². The van der Waals surface area contributed by atoms with Crippen LogP contribution in [0.25, 0.3) is 0 Å². The fourth-order valence-corrected chi connectivity index (χ4v) is 2.50. The van der Waals surface area contributed by atoms with Crippen LogP contribution in [0.3, 0.4) is 0 Å². The lowest BCUT2D eigenvalue weighted by atomic mass is 10.2. The molecule has 0 spiro atoms. The zero-order chi connectivity index (χ0) is 11.0. The molecule has 2 fully saturated rings. The number of hydrogen-bond donors (Lipinski definition) is 0. The molecule has 1 unspecified atom stereocenters. The van der Waals surface area contributed by atoms with Crippen LogP contribution in [-0.2, 0) is 0 Å². The molecule has 0 bridgehead atoms. The van der Waals surface area contributed by atoms with E-state index in [1.165, 1.54) is 0 Å². The highest BCUT2D eigenvalue weighted by atomic mass is 16.2. The first-order valence-corrected chi connectivity index (χ1v) is 5.85. The zero-order valence-electron chi connectivity index (χ0n) is 9.94. The van der Waals surface area contributed by atoms with Crippen molar-refractivity contribution in [2.24, 2.45) is 0 Å². The maximum Gasteiger partial charge on any atom is 0.320 e. The summed E-state index contributed by atoms with van der Waals surface area (Å²) in [5, 5.41) is 0. The molecule has 86 valence electrons. The molecular weight excluding hydrogens is 190 g/mol. The van der Waals surface area contributed by atoms with E-state index in [-0.39, 0.29) is 6.03 Å². The van der Waals surface area contributed by atoms with E-state index in [1.807, 2.05) is 16.8 Å². The Hall–Kier alpha value is -0.770. The lowest BCUT2D eigenvalue weighted by molar-refractivity contribution is 0.178. The molecule has 2 aliphatic heterocycles. The van der Waals surface area contributed by atoms with Gasteiger partial charge in [0.1, 0.15) is 0 Å². The van der Waals surface area contributed by atoms with Crippen LogP contribution in [0.1, 0.15) is 20.3 Å². The number of amides is 2. The molecule has 0 aromatic carbocycles. The van der Waals surface area contributed by atoms with Gasteiger partial charge in [-0.2, -0.15) is 0 Å². The van der Waals surface area contributed by atoms with Crippen molar-refractivity contribution in [3.8, 4) is 0 Å². The molecule has 2 aliphatic rings. The minimum absolute atomic E-state index is 0.214. The van der Waals surface area contributed by atoms with Gasteiger partial charge in [0.2, 0.25) is 0 Å². The highest BCUT2D eigenvalue weighted by molar-refractivity contribution is 5.76. The first-order valence-electron chi connectivity index (χ1n) is 5.85. The Bertz CT molecular complexity index is 254. The molecule has 4 nitrogen and oxygen atoms in total. The van der Waals surface area contributed by atoms with Gasteiger partial charge in [-0.05, 0) is 20.3 Å². The molecule has 2 heterocycles. The number of carbonyl (C=O) groups excluding carboxylic acids is 1. The number of hydrogen-bond acceptors (Lipinski definition) is 2. The van der Waals surface area contributed by atoms with Crippen molar-refractivity contribution < 1.29 is 4.79 Å². The second-order valence-electron chi connectivity index (χ2n) is 4.93. The Kier molecular flexibility index (Phi) is 2.87. The Balaban J connectivity index is 1.94. The highest BCUT2D eigenvalue weighted by Crippen LogP contribution is 2.21. The minimum atomic E-state index is 0.214. The van der Waals surface area contributed by atoms with Crippen LogP contribution in [0.15, 0.2) is 0 Å². The third-order valence-corrected chi connectivity index (χ3v) is 3.61. The summed E-state index contributed by atoms with van der Waals surface area (Å²) in [5.74, 6) is 0. The fourth-order valence-electron chi connectivity index (χ4n) is 2.50. The third-order valence-electron chi connectivity index (χ3n) is 3.61. The number of likely N-dealkylation sites (tertiary alicyclic amines) is 1. The maximum absolute atomic E-state index is 11.8. The van der Waals surface area contributed by atoms with E-state index in [1.54, 1.807) is 0 Å². The monoisotopic (exact) mass is 211 g/mol. The second-order valence-corrected chi connectivity index (χ2v) is 4.93. The molecule has 0 N–H and O–H groups in total. The van der Waals surface area contributed by atoms with Crippen LogP contribution in [0.2, 0.25) is 0 Å². The number of carbonyl (C=O) groups is 1. The van der Waals surface area contributed by atoms with Crippen LogP contribution in [0, 0.1) is 0 Å². The number of urea groups is 1. The summed E-state index contributed by atoms with van der Waals surface area (Å²) >= 11 is 0. The van der Waals surface area contributed by atoms with Crippen LogP contribution < -0.4 is 0 Å². The summed E-state index contributed by atoms with van der Waals surface area (Å²) < 4.78 is 0. The van der Waals surface area contributed by atoms with Gasteiger partial charge in [-0.3, -0.25) is 4.90 Å². The van der Waals surface area contributed by atoms with Crippen LogP contribution in [0.4, 0.5) is 4.79 Å². The molecule has 0 aliphatic carbocycles. The minimum Gasteiger partial charge on any atom is -0.326 e. The molecule has 2 amide bonds. The van der Waals surface area contributed by atoms with Crippen molar-refractivity contribution in [1.29, 1.82) is 0 Å². The molecule has 15 heavy (non-hydrogen) atoms. The summed E-state index contributed by atoms with van der Waals surface area (Å²) in [5.41, 5.74) is 0. The summed E-state index contributed by atoms with van der Waals surface area (Å²) in [6, 6.07) is 1.26. The Morgan fingerprint density at radius 3 is 2.47 bits per heavy atom. The van der Waals surface area contributed by atoms with E-state index in [0.717, 1.165) is 32.6 Å². The van der Waals surface area contributed by atoms with Crippen molar-refractivity contribution in [3.05, 3.63) is 0 Å². The molecule has 0 saturated carbocycles. The van der Waals surface area contributed by atoms with Crippen molar-refractivity contribution in [1.82, 2.24) is 14.7 Å². The summed E-state index contributed by atoms with van der Waals surface area (Å²) in [4.78, 5) is 18.1. The average Bonchev–Trinajstić information content (AvgIpc) is 2.76. The Labute approximate surface area is 91.8 Å². The third kappa shape index (κ3) is 1.95. The van der Waals surface area contributed by atoms with Gasteiger partial charge in [-0.25, -0.2) is 4.79 Å². The van der Waals surface area contributed by atoms with E-state index in [2.05, 4.69) is 18.7 Å². The Morgan fingerprint density at radius 1 is 1.27 bits per heavy atom. The maximum atomic E-state index is 11.8. The predicted octanol–water partition coefficient (Wildman–Crippen LogP) is 0.837. The molecule has 0 radical (unpaired) electrons. The van der Waals surface area contributed by atoms with E-state index < -0.39 is 0 Å². The van der Waals surface area contributed by atoms with Gasteiger partial charge < -0.3 is 9.80 Å². The largest absolute Gasteiger partial charge is 0.326 e. The zero-order valence-corrected chi connectivity index (χ0v) is 9.94. The van der Waals surface area contributed by atoms with Crippen molar-refractivity contribution in [2.75, 3.05) is 33.2 Å². The summed E-state index contributed by atoms with van der Waals surface area (Å²) in [6.07, 6.45) is 1.14. The van der Waals surface area contributed by atoms with E-state index in [9.17, 15) is 4.79 Å². The van der Waals surface area contributed by atoms with Gasteiger partial charge in [0.15, 0.2) is 0 Å². The fraction of sp³-hybridized carbons (Fsp3) is 0.909. The van der Waals surface area contributed by atoms with Gasteiger partial charge in [-0.1, -0.05) is 0 Å². The second kappa shape index (κ2) is 4.00. The van der Waals surface area contributed by atoms with Crippen molar-refractivity contribution in [3.63, 3.8) is 0 Å². The van der Waals surface area contributed by atoms with Crippen LogP contribution in [0.5, 0.6) is 0 Å². The van der Waals surface area contributed by atoms with E-state index in [0.29, 0.717) is 12.1 Å². The first-order chi connectivity index (χ1) is 7.09. The summed E-state index contributed by atoms with van der Waals surface area (Å²) in [6.45, 7) is 8.43. The van der Waals surface area contributed by atoms with Gasteiger partial charge >= 0.3 is 6.03 Å². The van der Waals surface area contributed by atoms with Crippen molar-refractivity contribution >= 4 is 6.03 Å². The van der Waals surface area contributed by atoms with E-state index in [4.69, 9.17) is 0 Å². The quantitative estimate of drug-likeness (QED) is 0.676.